The van der Waals surface area contributed by atoms with E-state index in [2.05, 4.69) is 5.32 Å². The van der Waals surface area contributed by atoms with Gasteiger partial charge in [-0.2, -0.15) is 0 Å². The lowest BCUT2D eigenvalue weighted by molar-refractivity contribution is 0.0469. The molecule has 2 N–H and O–H groups in total. The van der Waals surface area contributed by atoms with Crippen LogP contribution in [0.15, 0.2) is 18.2 Å². The number of carbonyl (C=O) groups excluding carboxylic acids is 1. The van der Waals surface area contributed by atoms with Crippen LogP contribution in [0.3, 0.4) is 0 Å². The summed E-state index contributed by atoms with van der Waals surface area (Å²) in [5.74, 6) is -0.121. The van der Waals surface area contributed by atoms with Gasteiger partial charge in [0.15, 0.2) is 0 Å². The van der Waals surface area contributed by atoms with Gasteiger partial charge in [0.1, 0.15) is 0 Å². The minimum Gasteiger partial charge on any atom is -0.388 e. The van der Waals surface area contributed by atoms with E-state index < -0.39 is 5.60 Å². The van der Waals surface area contributed by atoms with Gasteiger partial charge in [0.2, 0.25) is 0 Å². The van der Waals surface area contributed by atoms with E-state index in [4.69, 9.17) is 0 Å². The molecular weight excluding hydrogens is 226 g/mol. The lowest BCUT2D eigenvalue weighted by Crippen LogP contribution is -2.40. The van der Waals surface area contributed by atoms with E-state index in [1.807, 2.05) is 39.0 Å². The maximum absolute atomic E-state index is 12.0. The fourth-order valence-electron chi connectivity index (χ4n) is 2.06. The highest BCUT2D eigenvalue weighted by Gasteiger charge is 2.20. The minimum atomic E-state index is -0.830. The zero-order valence-corrected chi connectivity index (χ0v) is 11.7. The number of aliphatic hydroxyl groups is 1. The van der Waals surface area contributed by atoms with Gasteiger partial charge in [-0.15, -0.1) is 0 Å². The predicted molar refractivity (Wildman–Crippen MR) is 73.8 cm³/mol. The van der Waals surface area contributed by atoms with Crippen molar-refractivity contribution in [2.45, 2.75) is 46.1 Å². The molecular formula is C15H23NO2. The normalized spacial score (nSPS) is 14.1. The molecule has 0 radical (unpaired) electrons. The largest absolute Gasteiger partial charge is 0.388 e. The Bertz CT molecular complexity index is 425. The number of nitrogens with one attached hydrogen (secondary N) is 1. The molecule has 0 spiro atoms. The predicted octanol–water partition coefficient (Wildman–Crippen LogP) is 2.58. The second-order valence-corrected chi connectivity index (χ2v) is 5.25. The Kier molecular flexibility index (Phi) is 4.91. The monoisotopic (exact) mass is 249 g/mol. The number of hydrogen-bond donors (Lipinski definition) is 2. The van der Waals surface area contributed by atoms with Gasteiger partial charge in [-0.05, 0) is 38.8 Å². The summed E-state index contributed by atoms with van der Waals surface area (Å²) in [6, 6.07) is 5.74. The molecule has 0 aliphatic heterocycles. The van der Waals surface area contributed by atoms with Crippen LogP contribution in [-0.4, -0.2) is 23.2 Å². The van der Waals surface area contributed by atoms with Gasteiger partial charge < -0.3 is 10.4 Å². The van der Waals surface area contributed by atoms with Gasteiger partial charge in [-0.3, -0.25) is 4.79 Å². The summed E-state index contributed by atoms with van der Waals surface area (Å²) in [5, 5.41) is 12.8. The molecule has 0 aliphatic carbocycles. The third-order valence-corrected chi connectivity index (χ3v) is 3.04. The maximum Gasteiger partial charge on any atom is 0.251 e. The Hall–Kier alpha value is -1.35. The highest BCUT2D eigenvalue weighted by Crippen LogP contribution is 2.13. The number of hydrogen-bond acceptors (Lipinski definition) is 2. The van der Waals surface area contributed by atoms with Gasteiger partial charge in [0, 0.05) is 12.1 Å². The molecule has 0 saturated carbocycles. The molecule has 18 heavy (non-hydrogen) atoms. The standard InChI is InChI=1S/C15H23NO2/c1-5-8-15(4,18)10-16-14(17)13-7-6-11(2)9-12(13)3/h6-7,9,18H,5,8,10H2,1-4H3,(H,16,17). The first-order valence-electron chi connectivity index (χ1n) is 6.43. The average Bonchev–Trinajstić information content (AvgIpc) is 2.26. The van der Waals surface area contributed by atoms with Gasteiger partial charge >= 0.3 is 0 Å². The number of benzene rings is 1. The highest BCUT2D eigenvalue weighted by atomic mass is 16.3. The summed E-state index contributed by atoms with van der Waals surface area (Å²) < 4.78 is 0. The molecule has 0 aromatic heterocycles. The molecule has 100 valence electrons. The van der Waals surface area contributed by atoms with E-state index in [-0.39, 0.29) is 12.5 Å². The van der Waals surface area contributed by atoms with Crippen LogP contribution in [0, 0.1) is 13.8 Å². The molecule has 1 rings (SSSR count). The number of amides is 1. The van der Waals surface area contributed by atoms with Crippen LogP contribution in [0.2, 0.25) is 0 Å². The first-order chi connectivity index (χ1) is 8.35. The molecule has 0 heterocycles. The third-order valence-electron chi connectivity index (χ3n) is 3.04. The van der Waals surface area contributed by atoms with Crippen molar-refractivity contribution in [3.63, 3.8) is 0 Å². The Morgan fingerprint density at radius 1 is 1.39 bits per heavy atom. The molecule has 1 amide bonds. The molecule has 3 heteroatoms. The second kappa shape index (κ2) is 6.01. The van der Waals surface area contributed by atoms with E-state index in [1.54, 1.807) is 6.92 Å². The first-order valence-corrected chi connectivity index (χ1v) is 6.43. The van der Waals surface area contributed by atoms with Crippen LogP contribution in [0.25, 0.3) is 0 Å². The van der Waals surface area contributed by atoms with E-state index in [1.165, 1.54) is 0 Å². The van der Waals surface area contributed by atoms with Crippen molar-refractivity contribution in [2.75, 3.05) is 6.54 Å². The summed E-state index contributed by atoms with van der Waals surface area (Å²) in [5.41, 5.74) is 1.95. The summed E-state index contributed by atoms with van der Waals surface area (Å²) in [4.78, 5) is 12.0. The fourth-order valence-corrected chi connectivity index (χ4v) is 2.06. The molecule has 1 atom stereocenters. The zero-order valence-electron chi connectivity index (χ0n) is 11.7. The molecule has 3 nitrogen and oxygen atoms in total. The van der Waals surface area contributed by atoms with Gasteiger partial charge in [-0.25, -0.2) is 0 Å². The Morgan fingerprint density at radius 2 is 2.06 bits per heavy atom. The van der Waals surface area contributed by atoms with E-state index >= 15 is 0 Å². The Balaban J connectivity index is 2.66. The molecule has 1 aromatic carbocycles. The number of carbonyl (C=O) groups is 1. The van der Waals surface area contributed by atoms with E-state index in [0.717, 1.165) is 17.5 Å². The lowest BCUT2D eigenvalue weighted by Gasteiger charge is -2.23. The van der Waals surface area contributed by atoms with Crippen LogP contribution in [0.4, 0.5) is 0 Å². The quantitative estimate of drug-likeness (QED) is 0.842. The SMILES string of the molecule is CCCC(C)(O)CNC(=O)c1ccc(C)cc1C. The third kappa shape index (κ3) is 4.15. The van der Waals surface area contributed by atoms with Crippen molar-refractivity contribution in [1.29, 1.82) is 0 Å². The molecule has 0 aliphatic rings. The summed E-state index contributed by atoms with van der Waals surface area (Å²) in [7, 11) is 0. The maximum atomic E-state index is 12.0. The van der Waals surface area contributed by atoms with Crippen molar-refractivity contribution in [2.24, 2.45) is 0 Å². The number of aryl methyl sites for hydroxylation is 2. The Labute approximate surface area is 109 Å². The van der Waals surface area contributed by atoms with Crippen LogP contribution in [-0.2, 0) is 0 Å². The van der Waals surface area contributed by atoms with E-state index in [0.29, 0.717) is 12.0 Å². The van der Waals surface area contributed by atoms with Gasteiger partial charge in [0.25, 0.3) is 5.91 Å². The van der Waals surface area contributed by atoms with Crippen molar-refractivity contribution in [1.82, 2.24) is 5.32 Å². The van der Waals surface area contributed by atoms with Gasteiger partial charge in [-0.1, -0.05) is 31.0 Å². The van der Waals surface area contributed by atoms with E-state index in [9.17, 15) is 9.90 Å². The van der Waals surface area contributed by atoms with Crippen molar-refractivity contribution >= 4 is 5.91 Å². The van der Waals surface area contributed by atoms with Gasteiger partial charge in [0.05, 0.1) is 5.60 Å². The molecule has 1 unspecified atom stereocenters. The second-order valence-electron chi connectivity index (χ2n) is 5.25. The smallest absolute Gasteiger partial charge is 0.251 e. The molecule has 1 aromatic rings. The summed E-state index contributed by atoms with van der Waals surface area (Å²) >= 11 is 0. The highest BCUT2D eigenvalue weighted by molar-refractivity contribution is 5.95. The molecule has 0 fully saturated rings. The first kappa shape index (κ1) is 14.7. The van der Waals surface area contributed by atoms with Crippen LogP contribution >= 0.6 is 0 Å². The topological polar surface area (TPSA) is 49.3 Å². The Morgan fingerprint density at radius 3 is 2.61 bits per heavy atom. The summed E-state index contributed by atoms with van der Waals surface area (Å²) in [6.45, 7) is 7.97. The lowest BCUT2D eigenvalue weighted by atomic mass is 10.00. The average molecular weight is 249 g/mol. The number of rotatable bonds is 5. The van der Waals surface area contributed by atoms with Crippen molar-refractivity contribution < 1.29 is 9.90 Å². The van der Waals surface area contributed by atoms with Crippen LogP contribution in [0.5, 0.6) is 0 Å². The van der Waals surface area contributed by atoms with Crippen LogP contribution in [0.1, 0.15) is 48.2 Å². The summed E-state index contributed by atoms with van der Waals surface area (Å²) in [6.07, 6.45) is 1.58. The van der Waals surface area contributed by atoms with Crippen LogP contribution < -0.4 is 5.32 Å². The fraction of sp³-hybridized carbons (Fsp3) is 0.533. The molecule has 0 bridgehead atoms. The van der Waals surface area contributed by atoms with Crippen molar-refractivity contribution in [3.05, 3.63) is 34.9 Å². The minimum absolute atomic E-state index is 0.121. The van der Waals surface area contributed by atoms with Crippen molar-refractivity contribution in [3.8, 4) is 0 Å². The zero-order chi connectivity index (χ0) is 13.8. The molecule has 0 saturated heterocycles.